The van der Waals surface area contributed by atoms with Gasteiger partial charge in [0.05, 0.1) is 4.47 Å². The van der Waals surface area contributed by atoms with E-state index in [9.17, 15) is 13.6 Å². The highest BCUT2D eigenvalue weighted by Gasteiger charge is 2.06. The SMILES string of the molecule is Cc1cc(F)c(Br)cc1NC(=O)/C=C/c1ccc(F)cc1. The van der Waals surface area contributed by atoms with Crippen molar-refractivity contribution in [1.82, 2.24) is 0 Å². The van der Waals surface area contributed by atoms with Crippen LogP contribution in [0.1, 0.15) is 11.1 Å². The fourth-order valence-electron chi connectivity index (χ4n) is 1.70. The predicted octanol–water partition coefficient (Wildman–Crippen LogP) is 4.69. The maximum Gasteiger partial charge on any atom is 0.248 e. The largest absolute Gasteiger partial charge is 0.322 e. The molecule has 21 heavy (non-hydrogen) atoms. The molecule has 5 heteroatoms. The van der Waals surface area contributed by atoms with E-state index in [2.05, 4.69) is 21.2 Å². The first-order valence-corrected chi connectivity index (χ1v) is 6.95. The molecular weight excluding hydrogens is 340 g/mol. The van der Waals surface area contributed by atoms with E-state index < -0.39 is 0 Å². The van der Waals surface area contributed by atoms with Crippen LogP contribution in [0, 0.1) is 18.6 Å². The summed E-state index contributed by atoms with van der Waals surface area (Å²) < 4.78 is 26.3. The molecule has 0 fully saturated rings. The van der Waals surface area contributed by atoms with Gasteiger partial charge in [-0.3, -0.25) is 4.79 Å². The molecule has 2 rings (SSSR count). The predicted molar refractivity (Wildman–Crippen MR) is 82.9 cm³/mol. The fourth-order valence-corrected chi connectivity index (χ4v) is 2.04. The number of amides is 1. The van der Waals surface area contributed by atoms with Crippen LogP contribution in [0.3, 0.4) is 0 Å². The third-order valence-electron chi connectivity index (χ3n) is 2.82. The Bertz CT molecular complexity index is 696. The smallest absolute Gasteiger partial charge is 0.248 e. The van der Waals surface area contributed by atoms with E-state index in [1.807, 2.05) is 0 Å². The maximum absolute atomic E-state index is 13.3. The van der Waals surface area contributed by atoms with E-state index in [1.54, 1.807) is 25.1 Å². The van der Waals surface area contributed by atoms with Crippen molar-refractivity contribution in [1.29, 1.82) is 0 Å². The molecule has 0 saturated carbocycles. The molecule has 1 N–H and O–H groups in total. The molecule has 0 aromatic heterocycles. The Morgan fingerprint density at radius 2 is 1.86 bits per heavy atom. The lowest BCUT2D eigenvalue weighted by Crippen LogP contribution is -2.09. The minimum Gasteiger partial charge on any atom is -0.322 e. The third-order valence-corrected chi connectivity index (χ3v) is 3.43. The van der Waals surface area contributed by atoms with Gasteiger partial charge in [0.15, 0.2) is 0 Å². The van der Waals surface area contributed by atoms with Crippen LogP contribution < -0.4 is 5.32 Å². The van der Waals surface area contributed by atoms with Gasteiger partial charge in [-0.2, -0.15) is 0 Å². The molecule has 0 bridgehead atoms. The number of hydrogen-bond acceptors (Lipinski definition) is 1. The molecule has 0 saturated heterocycles. The molecule has 0 aliphatic rings. The number of halogens is 3. The van der Waals surface area contributed by atoms with Crippen LogP contribution in [0.4, 0.5) is 14.5 Å². The summed E-state index contributed by atoms with van der Waals surface area (Å²) in [5.41, 5.74) is 1.86. The van der Waals surface area contributed by atoms with E-state index >= 15 is 0 Å². The van der Waals surface area contributed by atoms with Gasteiger partial charge >= 0.3 is 0 Å². The molecule has 0 spiro atoms. The molecular formula is C16H12BrF2NO. The highest BCUT2D eigenvalue weighted by Crippen LogP contribution is 2.24. The topological polar surface area (TPSA) is 29.1 Å². The zero-order valence-corrected chi connectivity index (χ0v) is 12.7. The van der Waals surface area contributed by atoms with Gasteiger partial charge in [0.2, 0.25) is 5.91 Å². The molecule has 2 nitrogen and oxygen atoms in total. The van der Waals surface area contributed by atoms with Crippen LogP contribution in [-0.4, -0.2) is 5.91 Å². The Balaban J connectivity index is 2.08. The first-order valence-electron chi connectivity index (χ1n) is 6.16. The lowest BCUT2D eigenvalue weighted by atomic mass is 10.2. The van der Waals surface area contributed by atoms with Gasteiger partial charge in [0.25, 0.3) is 0 Å². The summed E-state index contributed by atoms with van der Waals surface area (Å²) in [6, 6.07) is 8.62. The summed E-state index contributed by atoms with van der Waals surface area (Å²) in [5.74, 6) is -1.06. The standard InChI is InChI=1S/C16H12BrF2NO/c1-10-8-14(19)13(17)9-15(10)20-16(21)7-4-11-2-5-12(18)6-3-11/h2-9H,1H3,(H,20,21)/b7-4+. The second-order valence-electron chi connectivity index (χ2n) is 4.46. The van der Waals surface area contributed by atoms with Gasteiger partial charge in [-0.15, -0.1) is 0 Å². The summed E-state index contributed by atoms with van der Waals surface area (Å²) in [7, 11) is 0. The molecule has 0 radical (unpaired) electrons. The highest BCUT2D eigenvalue weighted by molar-refractivity contribution is 9.10. The van der Waals surface area contributed by atoms with Gasteiger partial charge in [0.1, 0.15) is 11.6 Å². The zero-order chi connectivity index (χ0) is 15.4. The van der Waals surface area contributed by atoms with Crippen molar-refractivity contribution in [3.05, 3.63) is 69.7 Å². The van der Waals surface area contributed by atoms with Gasteiger partial charge in [-0.05, 0) is 64.3 Å². The number of anilines is 1. The van der Waals surface area contributed by atoms with Crippen molar-refractivity contribution in [2.75, 3.05) is 5.32 Å². The Kier molecular flexibility index (Phi) is 4.85. The Morgan fingerprint density at radius 3 is 2.52 bits per heavy atom. The molecule has 0 heterocycles. The van der Waals surface area contributed by atoms with E-state index in [4.69, 9.17) is 0 Å². The molecule has 0 aliphatic carbocycles. The highest BCUT2D eigenvalue weighted by atomic mass is 79.9. The van der Waals surface area contributed by atoms with Crippen molar-refractivity contribution in [2.24, 2.45) is 0 Å². The maximum atomic E-state index is 13.3. The van der Waals surface area contributed by atoms with Crippen LogP contribution in [0.25, 0.3) is 6.08 Å². The molecule has 108 valence electrons. The Labute approximate surface area is 129 Å². The number of hydrogen-bond donors (Lipinski definition) is 1. The van der Waals surface area contributed by atoms with Gasteiger partial charge in [-0.1, -0.05) is 12.1 Å². The molecule has 0 aliphatic heterocycles. The number of carbonyl (C=O) groups is 1. The first kappa shape index (κ1) is 15.4. The number of benzene rings is 2. The normalized spacial score (nSPS) is 10.9. The number of carbonyl (C=O) groups excluding carboxylic acids is 1. The average Bonchev–Trinajstić information content (AvgIpc) is 2.44. The summed E-state index contributed by atoms with van der Waals surface area (Å²) in [6.45, 7) is 1.70. The monoisotopic (exact) mass is 351 g/mol. The van der Waals surface area contributed by atoms with E-state index in [0.717, 1.165) is 0 Å². The minimum atomic E-state index is -0.382. The van der Waals surface area contributed by atoms with Crippen LogP contribution in [-0.2, 0) is 4.79 Å². The van der Waals surface area contributed by atoms with Crippen LogP contribution >= 0.6 is 15.9 Å². The van der Waals surface area contributed by atoms with E-state index in [-0.39, 0.29) is 22.0 Å². The Hall–Kier alpha value is -2.01. The zero-order valence-electron chi connectivity index (χ0n) is 11.2. The van der Waals surface area contributed by atoms with Crippen LogP contribution in [0.5, 0.6) is 0 Å². The molecule has 2 aromatic rings. The number of rotatable bonds is 3. The molecule has 0 atom stereocenters. The lowest BCUT2D eigenvalue weighted by Gasteiger charge is -2.07. The third kappa shape index (κ3) is 4.23. The average molecular weight is 352 g/mol. The van der Waals surface area contributed by atoms with Crippen molar-refractivity contribution < 1.29 is 13.6 Å². The number of nitrogens with one attached hydrogen (secondary N) is 1. The van der Waals surface area contributed by atoms with Crippen molar-refractivity contribution >= 4 is 33.6 Å². The van der Waals surface area contributed by atoms with E-state index in [0.29, 0.717) is 16.8 Å². The second-order valence-corrected chi connectivity index (χ2v) is 5.31. The minimum absolute atomic E-state index is 0.283. The summed E-state index contributed by atoms with van der Waals surface area (Å²) >= 11 is 3.07. The second kappa shape index (κ2) is 6.63. The van der Waals surface area contributed by atoms with Crippen molar-refractivity contribution in [3.8, 4) is 0 Å². The molecule has 0 unspecified atom stereocenters. The molecule has 1 amide bonds. The lowest BCUT2D eigenvalue weighted by molar-refractivity contribution is -0.111. The van der Waals surface area contributed by atoms with Crippen LogP contribution in [0.15, 0.2) is 46.9 Å². The van der Waals surface area contributed by atoms with Crippen LogP contribution in [0.2, 0.25) is 0 Å². The number of aryl methyl sites for hydroxylation is 1. The quantitative estimate of drug-likeness (QED) is 0.798. The molecule has 2 aromatic carbocycles. The van der Waals surface area contributed by atoms with Crippen molar-refractivity contribution in [3.63, 3.8) is 0 Å². The first-order chi connectivity index (χ1) is 9.95. The summed E-state index contributed by atoms with van der Waals surface area (Å²) in [4.78, 5) is 11.8. The van der Waals surface area contributed by atoms with Gasteiger partial charge in [-0.25, -0.2) is 8.78 Å². The summed E-state index contributed by atoms with van der Waals surface area (Å²) in [5, 5.41) is 2.66. The fraction of sp³-hybridized carbons (Fsp3) is 0.0625. The van der Waals surface area contributed by atoms with Gasteiger partial charge < -0.3 is 5.32 Å². The van der Waals surface area contributed by atoms with E-state index in [1.165, 1.54) is 30.3 Å². The van der Waals surface area contributed by atoms with Gasteiger partial charge in [0, 0.05) is 11.8 Å². The van der Waals surface area contributed by atoms with Crippen molar-refractivity contribution in [2.45, 2.75) is 6.92 Å². The Morgan fingerprint density at radius 1 is 1.19 bits per heavy atom. The summed E-state index contributed by atoms with van der Waals surface area (Å²) in [6.07, 6.45) is 2.91.